The van der Waals surface area contributed by atoms with Gasteiger partial charge in [-0.25, -0.2) is 15.2 Å². The van der Waals surface area contributed by atoms with Gasteiger partial charge in [0, 0.05) is 15.6 Å². The first-order valence-corrected chi connectivity index (χ1v) is 9.20. The van der Waals surface area contributed by atoms with Gasteiger partial charge in [-0.1, -0.05) is 42.5 Å². The maximum Gasteiger partial charge on any atom is 0.426 e. The fraction of sp³-hybridized carbons (Fsp3) is 0.556. The van der Waals surface area contributed by atoms with Crippen LogP contribution in [0.2, 0.25) is 10.0 Å². The summed E-state index contributed by atoms with van der Waals surface area (Å²) in [7, 11) is 0. The molecule has 0 saturated heterocycles. The van der Waals surface area contributed by atoms with Gasteiger partial charge >= 0.3 is 6.09 Å². The average molecular weight is 387 g/mol. The molecule has 1 aliphatic rings. The first-order chi connectivity index (χ1) is 11.7. The Balaban J connectivity index is 2.23. The van der Waals surface area contributed by atoms with Gasteiger partial charge in [0.2, 0.25) is 0 Å². The van der Waals surface area contributed by atoms with Gasteiger partial charge in [0.15, 0.2) is 0 Å². The van der Waals surface area contributed by atoms with E-state index in [2.05, 4.69) is 5.43 Å². The molecule has 2 rings (SSSR count). The maximum atomic E-state index is 13.0. The predicted molar refractivity (Wildman–Crippen MR) is 98.9 cm³/mol. The van der Waals surface area contributed by atoms with E-state index in [1.807, 2.05) is 0 Å². The van der Waals surface area contributed by atoms with Crippen molar-refractivity contribution in [3.05, 3.63) is 33.8 Å². The third-order valence-electron chi connectivity index (χ3n) is 3.88. The molecule has 0 spiro atoms. The standard InChI is InChI=1S/C18H24Cl2N2O3/c1-18(2,3)25-17(24)21-22(15-7-5-4-6-8-15)16(23)12-9-13(19)11-14(20)10-12/h9-11,15H,4-8H2,1-3H3,(H,21,24). The lowest BCUT2D eigenvalue weighted by molar-refractivity contribution is 0.0177. The number of ether oxygens (including phenoxy) is 1. The molecule has 0 heterocycles. The Bertz CT molecular complexity index is 617. The maximum absolute atomic E-state index is 13.0. The number of hydrazine groups is 1. The Labute approximate surface area is 158 Å². The van der Waals surface area contributed by atoms with Crippen molar-refractivity contribution < 1.29 is 14.3 Å². The quantitative estimate of drug-likeness (QED) is 0.709. The molecule has 1 fully saturated rings. The Kier molecular flexibility index (Phi) is 6.58. The molecule has 7 heteroatoms. The van der Waals surface area contributed by atoms with Gasteiger partial charge in [-0.15, -0.1) is 0 Å². The van der Waals surface area contributed by atoms with E-state index in [1.54, 1.807) is 39.0 Å². The molecule has 0 aromatic heterocycles. The van der Waals surface area contributed by atoms with Crippen LogP contribution in [0.5, 0.6) is 0 Å². The van der Waals surface area contributed by atoms with Crippen molar-refractivity contribution in [1.82, 2.24) is 10.4 Å². The zero-order valence-corrected chi connectivity index (χ0v) is 16.3. The number of hydrogen-bond acceptors (Lipinski definition) is 3. The zero-order chi connectivity index (χ0) is 18.6. The van der Waals surface area contributed by atoms with Crippen LogP contribution < -0.4 is 5.43 Å². The number of amides is 2. The Morgan fingerprint density at radius 1 is 1.08 bits per heavy atom. The molecule has 0 radical (unpaired) electrons. The second kappa shape index (κ2) is 8.28. The number of nitrogens with zero attached hydrogens (tertiary/aromatic N) is 1. The highest BCUT2D eigenvalue weighted by Crippen LogP contribution is 2.25. The summed E-state index contributed by atoms with van der Waals surface area (Å²) in [5.41, 5.74) is 2.30. The largest absolute Gasteiger partial charge is 0.443 e. The zero-order valence-electron chi connectivity index (χ0n) is 14.8. The van der Waals surface area contributed by atoms with Crippen LogP contribution in [-0.4, -0.2) is 28.7 Å². The fourth-order valence-corrected chi connectivity index (χ4v) is 3.39. The third-order valence-corrected chi connectivity index (χ3v) is 4.32. The lowest BCUT2D eigenvalue weighted by Crippen LogP contribution is -2.53. The van der Waals surface area contributed by atoms with Crippen molar-refractivity contribution in [2.45, 2.75) is 64.5 Å². The van der Waals surface area contributed by atoms with Gasteiger partial charge < -0.3 is 4.74 Å². The molecule has 0 aliphatic heterocycles. The summed E-state index contributed by atoms with van der Waals surface area (Å²) in [5, 5.41) is 2.11. The van der Waals surface area contributed by atoms with Crippen molar-refractivity contribution in [1.29, 1.82) is 0 Å². The molecule has 1 aromatic carbocycles. The van der Waals surface area contributed by atoms with Crippen LogP contribution in [0.4, 0.5) is 4.79 Å². The van der Waals surface area contributed by atoms with E-state index in [0.717, 1.165) is 32.1 Å². The fourth-order valence-electron chi connectivity index (χ4n) is 2.86. The molecule has 2 amide bonds. The Morgan fingerprint density at radius 3 is 2.16 bits per heavy atom. The summed E-state index contributed by atoms with van der Waals surface area (Å²) in [4.78, 5) is 25.2. The minimum absolute atomic E-state index is 0.0773. The van der Waals surface area contributed by atoms with Crippen LogP contribution in [0.3, 0.4) is 0 Å². The van der Waals surface area contributed by atoms with Crippen LogP contribution >= 0.6 is 23.2 Å². The SMILES string of the molecule is CC(C)(C)OC(=O)NN(C(=O)c1cc(Cl)cc(Cl)c1)C1CCCCC1. The highest BCUT2D eigenvalue weighted by Gasteiger charge is 2.30. The van der Waals surface area contributed by atoms with Crippen molar-refractivity contribution in [2.75, 3.05) is 0 Å². The minimum Gasteiger partial charge on any atom is -0.443 e. The molecule has 5 nitrogen and oxygen atoms in total. The van der Waals surface area contributed by atoms with Crippen LogP contribution in [0.1, 0.15) is 63.2 Å². The van der Waals surface area contributed by atoms with Crippen LogP contribution in [-0.2, 0) is 4.74 Å². The van der Waals surface area contributed by atoms with E-state index < -0.39 is 11.7 Å². The van der Waals surface area contributed by atoms with E-state index in [-0.39, 0.29) is 11.9 Å². The average Bonchev–Trinajstić information content (AvgIpc) is 2.50. The van der Waals surface area contributed by atoms with Gasteiger partial charge in [0.1, 0.15) is 5.60 Å². The summed E-state index contributed by atoms with van der Waals surface area (Å²) in [6.45, 7) is 5.32. The number of halogens is 2. The molecule has 1 aromatic rings. The molecule has 1 N–H and O–H groups in total. The number of benzene rings is 1. The first-order valence-electron chi connectivity index (χ1n) is 8.45. The molecule has 1 saturated carbocycles. The van der Waals surface area contributed by atoms with Gasteiger partial charge in [0.25, 0.3) is 5.91 Å². The second-order valence-corrected chi connectivity index (χ2v) is 8.11. The van der Waals surface area contributed by atoms with Gasteiger partial charge in [-0.05, 0) is 51.8 Å². The van der Waals surface area contributed by atoms with Crippen molar-refractivity contribution in [3.63, 3.8) is 0 Å². The normalized spacial score (nSPS) is 15.6. The van der Waals surface area contributed by atoms with Crippen LogP contribution in [0.25, 0.3) is 0 Å². The van der Waals surface area contributed by atoms with E-state index in [1.165, 1.54) is 5.01 Å². The van der Waals surface area contributed by atoms with Crippen molar-refractivity contribution >= 4 is 35.2 Å². The van der Waals surface area contributed by atoms with E-state index in [0.29, 0.717) is 15.6 Å². The highest BCUT2D eigenvalue weighted by molar-refractivity contribution is 6.35. The number of hydrogen-bond donors (Lipinski definition) is 1. The smallest absolute Gasteiger partial charge is 0.426 e. The lowest BCUT2D eigenvalue weighted by atomic mass is 9.94. The molecule has 25 heavy (non-hydrogen) atoms. The number of carbonyl (C=O) groups excluding carboxylic acids is 2. The topological polar surface area (TPSA) is 58.6 Å². The third kappa shape index (κ3) is 6.08. The molecule has 0 atom stereocenters. The van der Waals surface area contributed by atoms with E-state index in [9.17, 15) is 9.59 Å². The summed E-state index contributed by atoms with van der Waals surface area (Å²) >= 11 is 12.0. The van der Waals surface area contributed by atoms with E-state index in [4.69, 9.17) is 27.9 Å². The van der Waals surface area contributed by atoms with Gasteiger partial charge in [-0.2, -0.15) is 0 Å². The molecular formula is C18H24Cl2N2O3. The van der Waals surface area contributed by atoms with Gasteiger partial charge in [0.05, 0.1) is 6.04 Å². The predicted octanol–water partition coefficient (Wildman–Crippen LogP) is 5.21. The van der Waals surface area contributed by atoms with Crippen LogP contribution in [0, 0.1) is 0 Å². The van der Waals surface area contributed by atoms with Crippen molar-refractivity contribution in [3.8, 4) is 0 Å². The summed E-state index contributed by atoms with van der Waals surface area (Å²) in [5.74, 6) is -0.345. The van der Waals surface area contributed by atoms with Gasteiger partial charge in [-0.3, -0.25) is 4.79 Å². The number of rotatable bonds is 2. The molecule has 138 valence electrons. The second-order valence-electron chi connectivity index (χ2n) is 7.24. The monoisotopic (exact) mass is 386 g/mol. The molecular weight excluding hydrogens is 363 g/mol. The Morgan fingerprint density at radius 2 is 1.64 bits per heavy atom. The van der Waals surface area contributed by atoms with Crippen LogP contribution in [0.15, 0.2) is 18.2 Å². The Hall–Kier alpha value is -1.46. The molecule has 1 aliphatic carbocycles. The molecule has 0 unspecified atom stereocenters. The number of carbonyl (C=O) groups is 2. The van der Waals surface area contributed by atoms with Crippen molar-refractivity contribution in [2.24, 2.45) is 0 Å². The summed E-state index contributed by atoms with van der Waals surface area (Å²) in [6.07, 6.45) is 4.17. The summed E-state index contributed by atoms with van der Waals surface area (Å²) < 4.78 is 5.30. The molecule has 0 bridgehead atoms. The first kappa shape index (κ1) is 19.9. The highest BCUT2D eigenvalue weighted by atomic mass is 35.5. The lowest BCUT2D eigenvalue weighted by Gasteiger charge is -2.34. The number of nitrogens with one attached hydrogen (secondary N) is 1. The van der Waals surface area contributed by atoms with E-state index >= 15 is 0 Å². The summed E-state index contributed by atoms with van der Waals surface area (Å²) in [6, 6.07) is 4.57. The minimum atomic E-state index is -0.653.